The Bertz CT molecular complexity index is 457. The third-order valence-electron chi connectivity index (χ3n) is 2.55. The molecule has 1 amide bonds. The normalized spacial score (nSPS) is 15.1. The number of para-hydroxylation sites is 1. The topological polar surface area (TPSA) is 46.3 Å². The molecule has 7 heteroatoms. The molecule has 1 atom stereocenters. The van der Waals surface area contributed by atoms with E-state index in [-0.39, 0.29) is 5.69 Å². The van der Waals surface area contributed by atoms with Crippen LogP contribution >= 0.6 is 0 Å². The SMILES string of the molecule is CN(C(=O)C(C)(N)C(F)(F)F)c1ccccc1F. The predicted molar refractivity (Wildman–Crippen MR) is 58.5 cm³/mol. The zero-order chi connectivity index (χ0) is 14.1. The number of carbonyl (C=O) groups is 1. The van der Waals surface area contributed by atoms with E-state index >= 15 is 0 Å². The van der Waals surface area contributed by atoms with E-state index in [1.54, 1.807) is 0 Å². The lowest BCUT2D eigenvalue weighted by Gasteiger charge is -2.30. The molecule has 0 aliphatic heterocycles. The second-order valence-electron chi connectivity index (χ2n) is 4.02. The molecule has 3 nitrogen and oxygen atoms in total. The van der Waals surface area contributed by atoms with Gasteiger partial charge in [-0.1, -0.05) is 12.1 Å². The summed E-state index contributed by atoms with van der Waals surface area (Å²) in [6.45, 7) is 0.548. The molecule has 0 aliphatic carbocycles. The minimum absolute atomic E-state index is 0.261. The Morgan fingerprint density at radius 2 is 1.78 bits per heavy atom. The molecule has 0 saturated carbocycles. The van der Waals surface area contributed by atoms with Crippen LogP contribution in [0.3, 0.4) is 0 Å². The number of alkyl halides is 3. The smallest absolute Gasteiger partial charge is 0.311 e. The second kappa shape index (κ2) is 4.56. The fraction of sp³-hybridized carbons (Fsp3) is 0.364. The third-order valence-corrected chi connectivity index (χ3v) is 2.55. The second-order valence-corrected chi connectivity index (χ2v) is 4.02. The highest BCUT2D eigenvalue weighted by Gasteiger charge is 2.55. The van der Waals surface area contributed by atoms with Crippen LogP contribution in [0.25, 0.3) is 0 Å². The highest BCUT2D eigenvalue weighted by Crippen LogP contribution is 2.31. The highest BCUT2D eigenvalue weighted by molar-refractivity contribution is 6.00. The summed E-state index contributed by atoms with van der Waals surface area (Å²) in [5, 5.41) is 0. The van der Waals surface area contributed by atoms with Gasteiger partial charge in [-0.15, -0.1) is 0 Å². The van der Waals surface area contributed by atoms with Crippen molar-refractivity contribution < 1.29 is 22.4 Å². The summed E-state index contributed by atoms with van der Waals surface area (Å²) in [5.41, 5.74) is 1.66. The molecule has 1 aromatic carbocycles. The number of hydrogen-bond acceptors (Lipinski definition) is 2. The van der Waals surface area contributed by atoms with Crippen LogP contribution in [0.1, 0.15) is 6.92 Å². The summed E-state index contributed by atoms with van der Waals surface area (Å²) in [5.74, 6) is -2.23. The van der Waals surface area contributed by atoms with E-state index in [9.17, 15) is 22.4 Å². The Morgan fingerprint density at radius 3 is 2.22 bits per heavy atom. The van der Waals surface area contributed by atoms with Crippen molar-refractivity contribution in [2.75, 3.05) is 11.9 Å². The van der Waals surface area contributed by atoms with Gasteiger partial charge in [-0.2, -0.15) is 13.2 Å². The number of likely N-dealkylation sites (N-methyl/N-ethyl adjacent to an activating group) is 1. The number of nitrogens with zero attached hydrogens (tertiary/aromatic N) is 1. The largest absolute Gasteiger partial charge is 0.415 e. The van der Waals surface area contributed by atoms with Gasteiger partial charge in [-0.25, -0.2) is 4.39 Å². The minimum Gasteiger partial charge on any atom is -0.311 e. The van der Waals surface area contributed by atoms with Crippen LogP contribution in [0.5, 0.6) is 0 Å². The maximum absolute atomic E-state index is 13.4. The van der Waals surface area contributed by atoms with Crippen molar-refractivity contribution in [3.63, 3.8) is 0 Å². The van der Waals surface area contributed by atoms with Crippen molar-refractivity contribution >= 4 is 11.6 Å². The van der Waals surface area contributed by atoms with Gasteiger partial charge >= 0.3 is 6.18 Å². The van der Waals surface area contributed by atoms with Crippen molar-refractivity contribution in [2.45, 2.75) is 18.6 Å². The van der Waals surface area contributed by atoms with Crippen molar-refractivity contribution in [3.8, 4) is 0 Å². The molecule has 2 N–H and O–H groups in total. The summed E-state index contributed by atoms with van der Waals surface area (Å²) in [6, 6.07) is 5.01. The van der Waals surface area contributed by atoms with E-state index < -0.39 is 23.4 Å². The highest BCUT2D eigenvalue weighted by atomic mass is 19.4. The molecule has 100 valence electrons. The van der Waals surface area contributed by atoms with Crippen molar-refractivity contribution in [2.24, 2.45) is 5.73 Å². The van der Waals surface area contributed by atoms with Crippen molar-refractivity contribution in [3.05, 3.63) is 30.1 Å². The van der Waals surface area contributed by atoms with Gasteiger partial charge in [-0.3, -0.25) is 4.79 Å². The summed E-state index contributed by atoms with van der Waals surface area (Å²) < 4.78 is 51.2. The molecule has 0 heterocycles. The molecule has 18 heavy (non-hydrogen) atoms. The van der Waals surface area contributed by atoms with Crippen LogP contribution in [0, 0.1) is 5.82 Å². The van der Waals surface area contributed by atoms with Gasteiger partial charge < -0.3 is 10.6 Å². The molecule has 0 saturated heterocycles. The maximum Gasteiger partial charge on any atom is 0.415 e. The average Bonchev–Trinajstić information content (AvgIpc) is 2.26. The predicted octanol–water partition coefficient (Wildman–Crippen LogP) is 2.07. The van der Waals surface area contributed by atoms with E-state index in [1.165, 1.54) is 18.2 Å². The van der Waals surface area contributed by atoms with E-state index in [0.29, 0.717) is 11.8 Å². The van der Waals surface area contributed by atoms with Crippen LogP contribution in [0.2, 0.25) is 0 Å². The van der Waals surface area contributed by atoms with Gasteiger partial charge in [0.05, 0.1) is 5.69 Å². The molecule has 1 aromatic rings. The average molecular weight is 264 g/mol. The fourth-order valence-electron chi connectivity index (χ4n) is 1.30. The van der Waals surface area contributed by atoms with Gasteiger partial charge in [0, 0.05) is 7.05 Å². The number of amides is 1. The van der Waals surface area contributed by atoms with E-state index in [1.807, 2.05) is 0 Å². The molecule has 0 bridgehead atoms. The molecule has 0 aromatic heterocycles. The zero-order valence-electron chi connectivity index (χ0n) is 9.75. The summed E-state index contributed by atoms with van der Waals surface area (Å²) in [7, 11) is 1.04. The molecule has 0 spiro atoms. The quantitative estimate of drug-likeness (QED) is 0.831. The minimum atomic E-state index is -4.91. The van der Waals surface area contributed by atoms with E-state index in [4.69, 9.17) is 5.73 Å². The third kappa shape index (κ3) is 2.45. The number of nitrogens with two attached hydrogens (primary N) is 1. The Balaban J connectivity index is 3.10. The lowest BCUT2D eigenvalue weighted by Crippen LogP contribution is -2.61. The maximum atomic E-state index is 13.4. The van der Waals surface area contributed by atoms with Crippen LogP contribution in [0.15, 0.2) is 24.3 Å². The molecule has 0 radical (unpaired) electrons. The Morgan fingerprint density at radius 1 is 1.28 bits per heavy atom. The first kappa shape index (κ1) is 14.4. The number of rotatable bonds is 2. The Labute approximate surface area is 101 Å². The first-order valence-corrected chi connectivity index (χ1v) is 4.97. The fourth-order valence-corrected chi connectivity index (χ4v) is 1.30. The van der Waals surface area contributed by atoms with Gasteiger partial charge in [0.2, 0.25) is 0 Å². The molecular weight excluding hydrogens is 252 g/mol. The molecule has 1 rings (SSSR count). The van der Waals surface area contributed by atoms with Gasteiger partial charge in [0.1, 0.15) is 5.82 Å². The lowest BCUT2D eigenvalue weighted by molar-refractivity contribution is -0.185. The van der Waals surface area contributed by atoms with Gasteiger partial charge in [0.15, 0.2) is 5.54 Å². The number of benzene rings is 1. The van der Waals surface area contributed by atoms with Crippen LogP contribution in [0.4, 0.5) is 23.2 Å². The Hall–Kier alpha value is -1.63. The number of carbonyl (C=O) groups excluding carboxylic acids is 1. The standard InChI is InChI=1S/C11H12F4N2O/c1-10(16,11(13,14)15)9(18)17(2)8-6-4-3-5-7(8)12/h3-6H,16H2,1-2H3. The van der Waals surface area contributed by atoms with Crippen molar-refractivity contribution in [1.29, 1.82) is 0 Å². The van der Waals surface area contributed by atoms with E-state index in [0.717, 1.165) is 13.1 Å². The molecule has 0 aliphatic rings. The molecular formula is C11H12F4N2O. The van der Waals surface area contributed by atoms with Crippen molar-refractivity contribution in [1.82, 2.24) is 0 Å². The Kier molecular flexibility index (Phi) is 3.66. The summed E-state index contributed by atoms with van der Waals surface area (Å²) in [4.78, 5) is 12.2. The summed E-state index contributed by atoms with van der Waals surface area (Å²) in [6.07, 6.45) is -4.91. The van der Waals surface area contributed by atoms with Crippen LogP contribution in [-0.2, 0) is 4.79 Å². The van der Waals surface area contributed by atoms with Crippen LogP contribution in [-0.4, -0.2) is 24.7 Å². The van der Waals surface area contributed by atoms with Gasteiger partial charge in [-0.05, 0) is 19.1 Å². The molecule has 1 unspecified atom stereocenters. The van der Waals surface area contributed by atoms with Crippen LogP contribution < -0.4 is 10.6 Å². The zero-order valence-corrected chi connectivity index (χ0v) is 9.75. The van der Waals surface area contributed by atoms with Gasteiger partial charge in [0.25, 0.3) is 5.91 Å². The lowest BCUT2D eigenvalue weighted by atomic mass is 10.0. The number of anilines is 1. The molecule has 0 fully saturated rings. The first-order chi connectivity index (χ1) is 8.09. The van der Waals surface area contributed by atoms with E-state index in [2.05, 4.69) is 0 Å². The number of hydrogen-bond donors (Lipinski definition) is 1. The summed E-state index contributed by atoms with van der Waals surface area (Å²) >= 11 is 0. The number of halogens is 4. The first-order valence-electron chi connectivity index (χ1n) is 4.97. The monoisotopic (exact) mass is 264 g/mol.